The quantitative estimate of drug-likeness (QED) is 0.390. The van der Waals surface area contributed by atoms with Gasteiger partial charge in [-0.05, 0) is 0 Å². The van der Waals surface area contributed by atoms with E-state index in [0.29, 0.717) is 6.42 Å². The molecule has 0 heterocycles. The molecule has 0 aliphatic rings. The van der Waals surface area contributed by atoms with Gasteiger partial charge in [-0.15, -0.1) is 12.1 Å². The summed E-state index contributed by atoms with van der Waals surface area (Å²) in [7, 11) is 0. The second-order valence-electron chi connectivity index (χ2n) is 4.21. The number of hydrogen-bond donors (Lipinski definition) is 0. The summed E-state index contributed by atoms with van der Waals surface area (Å²) in [4.78, 5) is 0. The van der Waals surface area contributed by atoms with Gasteiger partial charge in [0, 0.05) is 0 Å². The smallest absolute Gasteiger partial charge is 0.0605 e. The van der Waals surface area contributed by atoms with E-state index in [-0.39, 0.29) is 26.5 Å². The van der Waals surface area contributed by atoms with Crippen LogP contribution in [0.3, 0.4) is 0 Å². The predicted molar refractivity (Wildman–Crippen MR) is 89.5 cm³/mol. The summed E-state index contributed by atoms with van der Waals surface area (Å²) in [6.45, 7) is 0. The van der Waals surface area contributed by atoms with Gasteiger partial charge in [-0.3, -0.25) is 0 Å². The first-order valence-electron chi connectivity index (χ1n) is 6.03. The van der Waals surface area contributed by atoms with Crippen molar-refractivity contribution in [1.29, 1.82) is 0 Å². The molecule has 2 aromatic carbocycles. The van der Waals surface area contributed by atoms with Crippen molar-refractivity contribution in [3.63, 3.8) is 0 Å². The monoisotopic (exact) mass is 577 g/mol. The van der Waals surface area contributed by atoms with Crippen molar-refractivity contribution in [2.75, 3.05) is 0 Å². The second kappa shape index (κ2) is 10.7. The van der Waals surface area contributed by atoms with Crippen LogP contribution in [0.1, 0.15) is 29.6 Å². The third-order valence-electron chi connectivity index (χ3n) is 2.88. The van der Waals surface area contributed by atoms with Gasteiger partial charge in [0.2, 0.25) is 0 Å². The van der Waals surface area contributed by atoms with Gasteiger partial charge < -0.3 is 11.5 Å². The van der Waals surface area contributed by atoms with E-state index < -0.39 is 0 Å². The molecule has 2 atom stereocenters. The van der Waals surface area contributed by atoms with E-state index in [0.717, 1.165) is 11.1 Å². The molecule has 0 saturated heterocycles. The SMILES string of the molecule is [Br][Pt+2][Br].[NH-]C(CC([NH-])c1ccccc1)c1ccccc1. The van der Waals surface area contributed by atoms with E-state index in [1.54, 1.807) is 0 Å². The zero-order valence-electron chi connectivity index (χ0n) is 10.7. The molecule has 0 radical (unpaired) electrons. The van der Waals surface area contributed by atoms with Crippen molar-refractivity contribution in [1.82, 2.24) is 0 Å². The average Bonchev–Trinajstić information content (AvgIpc) is 2.50. The van der Waals surface area contributed by atoms with E-state index in [4.69, 9.17) is 11.5 Å². The van der Waals surface area contributed by atoms with E-state index in [2.05, 4.69) is 26.6 Å². The summed E-state index contributed by atoms with van der Waals surface area (Å²) in [5.41, 5.74) is 18.1. The normalized spacial score (nSPS) is 13.2. The van der Waals surface area contributed by atoms with Crippen molar-refractivity contribution in [3.8, 4) is 0 Å². The summed E-state index contributed by atoms with van der Waals surface area (Å²) in [5, 5.41) is 0. The summed E-state index contributed by atoms with van der Waals surface area (Å²) in [6, 6.07) is 18.8. The molecular formula is C15H16Br2N2Pt. The summed E-state index contributed by atoms with van der Waals surface area (Å²) < 4.78 is 0. The minimum Gasteiger partial charge on any atom is -0.671 e. The van der Waals surface area contributed by atoms with Gasteiger partial charge >= 0.3 is 41.0 Å². The zero-order valence-corrected chi connectivity index (χ0v) is 16.2. The first-order valence-corrected chi connectivity index (χ1v) is 16.0. The third kappa shape index (κ3) is 6.64. The number of nitrogens with one attached hydrogen (secondary N) is 2. The minimum atomic E-state index is -0.320. The van der Waals surface area contributed by atoms with Crippen LogP contribution in [0, 0.1) is 0 Å². The maximum absolute atomic E-state index is 8.07. The number of rotatable bonds is 4. The molecule has 2 aromatic rings. The Balaban J connectivity index is 0.000000612. The first-order chi connectivity index (χ1) is 9.69. The molecular weight excluding hydrogens is 563 g/mol. The molecule has 2 nitrogen and oxygen atoms in total. The van der Waals surface area contributed by atoms with Crippen LogP contribution in [0.5, 0.6) is 0 Å². The number of benzene rings is 2. The zero-order chi connectivity index (χ0) is 14.8. The molecule has 2 N–H and O–H groups in total. The molecule has 2 rings (SSSR count). The van der Waals surface area contributed by atoms with Crippen molar-refractivity contribution in [2.45, 2.75) is 18.5 Å². The fourth-order valence-corrected chi connectivity index (χ4v) is 1.88. The number of halogens is 2. The molecule has 5 heteroatoms. The molecule has 0 aromatic heterocycles. The van der Waals surface area contributed by atoms with E-state index in [1.165, 1.54) is 0 Å². The average molecular weight is 579 g/mol. The van der Waals surface area contributed by atoms with Crippen molar-refractivity contribution in [2.24, 2.45) is 0 Å². The molecule has 0 amide bonds. The Kier molecular flexibility index (Phi) is 9.66. The van der Waals surface area contributed by atoms with Crippen LogP contribution < -0.4 is 0 Å². The topological polar surface area (TPSA) is 47.6 Å². The van der Waals surface area contributed by atoms with Crippen LogP contribution in [0.25, 0.3) is 11.5 Å². The van der Waals surface area contributed by atoms with Gasteiger partial charge in [0.25, 0.3) is 0 Å². The molecule has 2 unspecified atom stereocenters. The Hall–Kier alpha value is 0.00831. The molecule has 0 aliphatic carbocycles. The Morgan fingerprint density at radius 3 is 1.35 bits per heavy atom. The minimum absolute atomic E-state index is 0.208. The van der Waals surface area contributed by atoms with Crippen LogP contribution >= 0.6 is 26.6 Å². The fraction of sp³-hybridized carbons (Fsp3) is 0.200. The molecule has 110 valence electrons. The van der Waals surface area contributed by atoms with Crippen molar-refractivity contribution < 1.29 is 14.5 Å². The number of hydrogen-bond acceptors (Lipinski definition) is 0. The predicted octanol–water partition coefficient (Wildman–Crippen LogP) is 6.65. The largest absolute Gasteiger partial charge is 0.671 e. The molecule has 0 saturated carbocycles. The van der Waals surface area contributed by atoms with Crippen LogP contribution in [-0.2, 0) is 14.5 Å². The fourth-order valence-electron chi connectivity index (χ4n) is 1.88. The molecule has 0 aliphatic heterocycles. The summed E-state index contributed by atoms with van der Waals surface area (Å²) >= 11 is 6.56. The van der Waals surface area contributed by atoms with E-state index >= 15 is 0 Å². The maximum Gasteiger partial charge on any atom is -0.0605 e. The van der Waals surface area contributed by atoms with Gasteiger partial charge in [-0.1, -0.05) is 78.2 Å². The van der Waals surface area contributed by atoms with Crippen LogP contribution in [0.15, 0.2) is 60.7 Å². The molecule has 20 heavy (non-hydrogen) atoms. The molecule has 0 fully saturated rings. The second-order valence-corrected chi connectivity index (χ2v) is 14.1. The first kappa shape index (κ1) is 18.1. The summed E-state index contributed by atoms with van der Waals surface area (Å²) in [5.74, 6) is 0. The Bertz CT molecular complexity index is 424. The van der Waals surface area contributed by atoms with Crippen molar-refractivity contribution in [3.05, 3.63) is 83.3 Å². The maximum atomic E-state index is 8.07. The van der Waals surface area contributed by atoms with Gasteiger partial charge in [0.05, 0.1) is 0 Å². The Morgan fingerprint density at radius 2 is 1.05 bits per heavy atom. The molecule has 0 spiro atoms. The molecule has 0 bridgehead atoms. The van der Waals surface area contributed by atoms with Gasteiger partial charge in [0.1, 0.15) is 0 Å². The van der Waals surface area contributed by atoms with Crippen LogP contribution in [0.2, 0.25) is 0 Å². The standard InChI is InChI=1S/C15H16N2.2BrH.Pt/c16-14(12-7-3-1-4-8-12)11-15(17)13-9-5-2-6-10-13;;;/h1-10,14-17H,11H2;2*1H;/q-2;;;+4/p-2. The van der Waals surface area contributed by atoms with E-state index in [1.807, 2.05) is 60.7 Å². The Morgan fingerprint density at radius 1 is 0.750 bits per heavy atom. The third-order valence-corrected chi connectivity index (χ3v) is 2.88. The van der Waals surface area contributed by atoms with Gasteiger partial charge in [-0.25, -0.2) is 0 Å². The van der Waals surface area contributed by atoms with Gasteiger partial charge in [-0.2, -0.15) is 0 Å². The van der Waals surface area contributed by atoms with E-state index in [9.17, 15) is 0 Å². The Labute approximate surface area is 142 Å². The van der Waals surface area contributed by atoms with Crippen molar-refractivity contribution >= 4 is 26.6 Å². The van der Waals surface area contributed by atoms with Crippen LogP contribution in [0.4, 0.5) is 0 Å². The van der Waals surface area contributed by atoms with Crippen LogP contribution in [-0.4, -0.2) is 0 Å². The van der Waals surface area contributed by atoms with Gasteiger partial charge in [0.15, 0.2) is 0 Å². The summed E-state index contributed by atoms with van der Waals surface area (Å²) in [6.07, 6.45) is 0.536.